The lowest BCUT2D eigenvalue weighted by molar-refractivity contribution is 0.766. The molecule has 1 heterocycles. The molecular formula is C12H12N4. The van der Waals surface area contributed by atoms with E-state index in [9.17, 15) is 0 Å². The predicted molar refractivity (Wildman–Crippen MR) is 60.2 cm³/mol. The van der Waals surface area contributed by atoms with Crippen molar-refractivity contribution in [2.75, 3.05) is 0 Å². The topological polar surface area (TPSA) is 54.5 Å². The first-order chi connectivity index (χ1) is 7.76. The minimum Gasteiger partial charge on any atom is -0.216 e. The van der Waals surface area contributed by atoms with Crippen LogP contribution < -0.4 is 0 Å². The highest BCUT2D eigenvalue weighted by Crippen LogP contribution is 2.14. The van der Waals surface area contributed by atoms with E-state index in [1.165, 1.54) is 0 Å². The van der Waals surface area contributed by atoms with Crippen LogP contribution >= 0.6 is 0 Å². The average Bonchev–Trinajstić information content (AvgIpc) is 2.71. The van der Waals surface area contributed by atoms with Gasteiger partial charge in [-0.15, -0.1) is 5.10 Å². The van der Waals surface area contributed by atoms with Crippen molar-refractivity contribution in [3.8, 4) is 11.8 Å². The molecule has 4 heteroatoms. The average molecular weight is 212 g/mol. The van der Waals surface area contributed by atoms with Crippen molar-refractivity contribution in [2.45, 2.75) is 20.3 Å². The molecule has 16 heavy (non-hydrogen) atoms. The van der Waals surface area contributed by atoms with Gasteiger partial charge in [0.25, 0.3) is 0 Å². The Morgan fingerprint density at radius 3 is 2.88 bits per heavy atom. The molecule has 0 saturated carbocycles. The minimum absolute atomic E-state index is 0.406. The molecule has 1 aromatic heterocycles. The Morgan fingerprint density at radius 1 is 1.44 bits per heavy atom. The van der Waals surface area contributed by atoms with Gasteiger partial charge in [0.1, 0.15) is 6.07 Å². The van der Waals surface area contributed by atoms with Crippen molar-refractivity contribution in [1.29, 1.82) is 5.26 Å². The lowest BCUT2D eigenvalue weighted by atomic mass is 10.2. The molecule has 0 aliphatic carbocycles. The summed E-state index contributed by atoms with van der Waals surface area (Å²) in [5.41, 5.74) is 3.37. The smallest absolute Gasteiger partial charge is 0.186 e. The van der Waals surface area contributed by atoms with E-state index in [1.807, 2.05) is 38.1 Å². The molecule has 2 aromatic rings. The highest BCUT2D eigenvalue weighted by molar-refractivity contribution is 5.38. The second-order valence-corrected chi connectivity index (χ2v) is 3.60. The van der Waals surface area contributed by atoms with Crippen LogP contribution in [0.3, 0.4) is 0 Å². The number of hydrogen-bond acceptors (Lipinski definition) is 3. The Morgan fingerprint density at radius 2 is 2.25 bits per heavy atom. The molecule has 0 aliphatic heterocycles. The number of nitriles is 1. The van der Waals surface area contributed by atoms with Crippen LogP contribution in [-0.4, -0.2) is 15.0 Å². The number of benzene rings is 1. The molecule has 80 valence electrons. The normalized spacial score (nSPS) is 10.1. The van der Waals surface area contributed by atoms with Crippen molar-refractivity contribution >= 4 is 0 Å². The van der Waals surface area contributed by atoms with Gasteiger partial charge in [-0.05, 0) is 31.0 Å². The van der Waals surface area contributed by atoms with Gasteiger partial charge in [-0.3, -0.25) is 0 Å². The highest BCUT2D eigenvalue weighted by Gasteiger charge is 2.11. The summed E-state index contributed by atoms with van der Waals surface area (Å²) >= 11 is 0. The Labute approximate surface area is 94.1 Å². The predicted octanol–water partition coefficient (Wildman–Crippen LogP) is 2.01. The van der Waals surface area contributed by atoms with E-state index in [4.69, 9.17) is 5.26 Å². The van der Waals surface area contributed by atoms with Crippen LogP contribution in [0.2, 0.25) is 0 Å². The van der Waals surface area contributed by atoms with Crippen LogP contribution in [0.1, 0.15) is 23.9 Å². The molecule has 0 unspecified atom stereocenters. The lowest BCUT2D eigenvalue weighted by Gasteiger charge is -2.04. The van der Waals surface area contributed by atoms with Gasteiger partial charge in [0.15, 0.2) is 5.69 Å². The SMILES string of the molecule is CCc1c(C#N)nnn1-c1cccc(C)c1. The highest BCUT2D eigenvalue weighted by atomic mass is 15.4. The molecule has 4 nitrogen and oxygen atoms in total. The first-order valence-electron chi connectivity index (χ1n) is 5.18. The van der Waals surface area contributed by atoms with Crippen LogP contribution in [-0.2, 0) is 6.42 Å². The van der Waals surface area contributed by atoms with Gasteiger partial charge in [0, 0.05) is 0 Å². The third-order valence-electron chi connectivity index (χ3n) is 2.45. The first kappa shape index (κ1) is 10.4. The summed E-state index contributed by atoms with van der Waals surface area (Å²) < 4.78 is 1.73. The number of rotatable bonds is 2. The number of aryl methyl sites for hydroxylation is 1. The summed E-state index contributed by atoms with van der Waals surface area (Å²) in [5, 5.41) is 16.8. The van der Waals surface area contributed by atoms with Gasteiger partial charge >= 0.3 is 0 Å². The van der Waals surface area contributed by atoms with Gasteiger partial charge in [-0.2, -0.15) is 5.26 Å². The molecule has 0 fully saturated rings. The van der Waals surface area contributed by atoms with Gasteiger partial charge < -0.3 is 0 Å². The fraction of sp³-hybridized carbons (Fsp3) is 0.250. The Balaban J connectivity index is 2.57. The zero-order chi connectivity index (χ0) is 11.5. The maximum Gasteiger partial charge on any atom is 0.186 e. The van der Waals surface area contributed by atoms with Crippen molar-refractivity contribution in [1.82, 2.24) is 15.0 Å². The summed E-state index contributed by atoms with van der Waals surface area (Å²) in [6.07, 6.45) is 0.740. The van der Waals surface area contributed by atoms with Crippen LogP contribution in [0.5, 0.6) is 0 Å². The second-order valence-electron chi connectivity index (χ2n) is 3.60. The van der Waals surface area contributed by atoms with Crippen molar-refractivity contribution in [3.63, 3.8) is 0 Å². The van der Waals surface area contributed by atoms with Crippen molar-refractivity contribution in [2.24, 2.45) is 0 Å². The summed E-state index contributed by atoms with van der Waals surface area (Å²) in [6, 6.07) is 10.0. The van der Waals surface area contributed by atoms with E-state index in [1.54, 1.807) is 4.68 Å². The van der Waals surface area contributed by atoms with Crippen LogP contribution in [0.25, 0.3) is 5.69 Å². The summed E-state index contributed by atoms with van der Waals surface area (Å²) in [6.45, 7) is 4.02. The summed E-state index contributed by atoms with van der Waals surface area (Å²) in [5.74, 6) is 0. The number of aromatic nitrogens is 3. The third-order valence-corrected chi connectivity index (χ3v) is 2.45. The third kappa shape index (κ3) is 1.68. The monoisotopic (exact) mass is 212 g/mol. The molecule has 0 amide bonds. The molecule has 0 aliphatic rings. The molecule has 0 spiro atoms. The van der Waals surface area contributed by atoms with E-state index < -0.39 is 0 Å². The molecule has 0 N–H and O–H groups in total. The lowest BCUT2D eigenvalue weighted by Crippen LogP contribution is -2.02. The maximum atomic E-state index is 8.90. The summed E-state index contributed by atoms with van der Waals surface area (Å²) in [7, 11) is 0. The fourth-order valence-corrected chi connectivity index (χ4v) is 1.67. The standard InChI is InChI=1S/C12H12N4/c1-3-12-11(8-13)14-15-16(12)10-6-4-5-9(2)7-10/h4-7H,3H2,1-2H3. The molecule has 1 aromatic carbocycles. The van der Waals surface area contributed by atoms with Crippen molar-refractivity contribution in [3.05, 3.63) is 41.2 Å². The first-order valence-corrected chi connectivity index (χ1v) is 5.18. The van der Waals surface area contributed by atoms with Crippen LogP contribution in [0.15, 0.2) is 24.3 Å². The van der Waals surface area contributed by atoms with Gasteiger partial charge in [-0.25, -0.2) is 4.68 Å². The van der Waals surface area contributed by atoms with Gasteiger partial charge in [0.05, 0.1) is 11.4 Å². The summed E-state index contributed by atoms with van der Waals surface area (Å²) in [4.78, 5) is 0. The molecule has 0 radical (unpaired) electrons. The van der Waals surface area contributed by atoms with E-state index in [0.29, 0.717) is 5.69 Å². The molecule has 2 rings (SSSR count). The van der Waals surface area contributed by atoms with E-state index in [0.717, 1.165) is 23.4 Å². The van der Waals surface area contributed by atoms with E-state index >= 15 is 0 Å². The minimum atomic E-state index is 0.406. The van der Waals surface area contributed by atoms with Crippen LogP contribution in [0, 0.1) is 18.3 Å². The Hall–Kier alpha value is -2.15. The van der Waals surface area contributed by atoms with E-state index in [2.05, 4.69) is 16.4 Å². The fourth-order valence-electron chi connectivity index (χ4n) is 1.67. The molecule has 0 atom stereocenters. The second kappa shape index (κ2) is 4.15. The Bertz CT molecular complexity index is 548. The number of nitrogens with zero attached hydrogens (tertiary/aromatic N) is 4. The zero-order valence-corrected chi connectivity index (χ0v) is 9.31. The largest absolute Gasteiger partial charge is 0.216 e. The van der Waals surface area contributed by atoms with Crippen LogP contribution in [0.4, 0.5) is 0 Å². The zero-order valence-electron chi connectivity index (χ0n) is 9.31. The van der Waals surface area contributed by atoms with Crippen molar-refractivity contribution < 1.29 is 0 Å². The Kier molecular flexibility index (Phi) is 2.69. The molecular weight excluding hydrogens is 200 g/mol. The molecule has 0 saturated heterocycles. The van der Waals surface area contributed by atoms with Gasteiger partial charge in [0.2, 0.25) is 0 Å². The molecule has 0 bridgehead atoms. The number of hydrogen-bond donors (Lipinski definition) is 0. The quantitative estimate of drug-likeness (QED) is 0.765. The maximum absolute atomic E-state index is 8.90. The van der Waals surface area contributed by atoms with E-state index in [-0.39, 0.29) is 0 Å². The van der Waals surface area contributed by atoms with Gasteiger partial charge in [-0.1, -0.05) is 24.3 Å².